The van der Waals surface area contributed by atoms with Crippen molar-refractivity contribution in [2.75, 3.05) is 12.4 Å². The van der Waals surface area contributed by atoms with Gasteiger partial charge in [-0.2, -0.15) is 0 Å². The Morgan fingerprint density at radius 3 is 2.37 bits per heavy atom. The first kappa shape index (κ1) is 21.5. The molecule has 0 aliphatic rings. The van der Waals surface area contributed by atoms with Crippen LogP contribution in [0.2, 0.25) is 0 Å². The van der Waals surface area contributed by atoms with Gasteiger partial charge in [0.15, 0.2) is 9.84 Å². The number of thiophene rings is 1. The van der Waals surface area contributed by atoms with Gasteiger partial charge in [-0.3, -0.25) is 9.59 Å². The summed E-state index contributed by atoms with van der Waals surface area (Å²) in [5.74, 6) is -2.23. The Bertz CT molecular complexity index is 1200. The lowest BCUT2D eigenvalue weighted by molar-refractivity contribution is 0.100. The van der Waals surface area contributed by atoms with Crippen LogP contribution in [0.15, 0.2) is 58.8 Å². The number of nitrogens with two attached hydrogens (primary N) is 1. The molecule has 0 aliphatic carbocycles. The van der Waals surface area contributed by atoms with Gasteiger partial charge in [-0.1, -0.05) is 24.3 Å². The number of benzene rings is 2. The topological polar surface area (TPSA) is 116 Å². The van der Waals surface area contributed by atoms with E-state index in [0.717, 1.165) is 12.1 Å². The predicted molar refractivity (Wildman–Crippen MR) is 111 cm³/mol. The Kier molecular flexibility index (Phi) is 6.18. The average molecular weight is 448 g/mol. The number of primary amides is 1. The van der Waals surface area contributed by atoms with Crippen molar-refractivity contribution in [1.29, 1.82) is 0 Å². The van der Waals surface area contributed by atoms with Crippen LogP contribution >= 0.6 is 11.3 Å². The quantitative estimate of drug-likeness (QED) is 0.576. The Balaban J connectivity index is 1.90. The van der Waals surface area contributed by atoms with E-state index in [1.54, 1.807) is 24.3 Å². The molecule has 156 valence electrons. The van der Waals surface area contributed by atoms with E-state index in [2.05, 4.69) is 5.32 Å². The van der Waals surface area contributed by atoms with Crippen molar-refractivity contribution in [2.45, 2.75) is 9.96 Å². The van der Waals surface area contributed by atoms with Crippen LogP contribution in [0, 0.1) is 5.82 Å². The molecular formula is C20H17FN2O5S2. The highest BCUT2D eigenvalue weighted by atomic mass is 32.2. The Morgan fingerprint density at radius 1 is 1.10 bits per heavy atom. The second-order valence-corrected chi connectivity index (χ2v) is 9.48. The number of carbonyl (C=O) groups excluding carboxylic acids is 2. The number of sulfone groups is 1. The van der Waals surface area contributed by atoms with Crippen molar-refractivity contribution in [3.05, 3.63) is 77.1 Å². The van der Waals surface area contributed by atoms with Gasteiger partial charge < -0.3 is 15.8 Å². The van der Waals surface area contributed by atoms with Crippen molar-refractivity contribution in [2.24, 2.45) is 5.73 Å². The largest absolute Gasteiger partial charge is 0.497 e. The van der Waals surface area contributed by atoms with E-state index in [9.17, 15) is 22.4 Å². The van der Waals surface area contributed by atoms with Crippen LogP contribution < -0.4 is 15.8 Å². The lowest BCUT2D eigenvalue weighted by Gasteiger charge is -2.05. The molecule has 1 heterocycles. The van der Waals surface area contributed by atoms with E-state index in [4.69, 9.17) is 10.5 Å². The highest BCUT2D eigenvalue weighted by Crippen LogP contribution is 2.33. The maximum Gasteiger partial charge on any atom is 0.259 e. The van der Waals surface area contributed by atoms with Gasteiger partial charge in [0.1, 0.15) is 20.8 Å². The standard InChI is InChI=1S/C20H17FN2O5S2/c1-28-13-8-6-12(7-9-13)11-30(26,27)17-10-15(18(22)24)20(29-17)23-19(25)14-4-2-3-5-16(14)21/h2-10H,11H2,1H3,(H2,22,24)(H,23,25). The molecule has 3 N–H and O–H groups in total. The molecule has 0 fully saturated rings. The van der Waals surface area contributed by atoms with E-state index >= 15 is 0 Å². The molecule has 0 saturated carbocycles. The summed E-state index contributed by atoms with van der Waals surface area (Å²) in [5.41, 5.74) is 5.43. The van der Waals surface area contributed by atoms with Gasteiger partial charge in [0.25, 0.3) is 11.8 Å². The molecule has 0 saturated heterocycles. The molecule has 0 radical (unpaired) electrons. The number of ether oxygens (including phenoxy) is 1. The normalized spacial score (nSPS) is 11.1. The summed E-state index contributed by atoms with van der Waals surface area (Å²) in [4.78, 5) is 24.1. The monoisotopic (exact) mass is 448 g/mol. The molecule has 0 unspecified atom stereocenters. The van der Waals surface area contributed by atoms with Crippen molar-refractivity contribution in [1.82, 2.24) is 0 Å². The average Bonchev–Trinajstić information content (AvgIpc) is 3.13. The minimum absolute atomic E-state index is 0.0657. The van der Waals surface area contributed by atoms with Crippen molar-refractivity contribution in [3.8, 4) is 5.75 Å². The van der Waals surface area contributed by atoms with Crippen molar-refractivity contribution in [3.63, 3.8) is 0 Å². The predicted octanol–water partition coefficient (Wildman–Crippen LogP) is 3.22. The minimum atomic E-state index is -3.83. The summed E-state index contributed by atoms with van der Waals surface area (Å²) in [6.07, 6.45) is 0. The Labute approximate surface area is 176 Å². The molecule has 3 aromatic rings. The zero-order chi connectivity index (χ0) is 21.9. The lowest BCUT2D eigenvalue weighted by Crippen LogP contribution is -2.17. The van der Waals surface area contributed by atoms with Gasteiger partial charge in [-0.05, 0) is 35.9 Å². The number of anilines is 1. The van der Waals surface area contributed by atoms with Crippen LogP contribution in [0.3, 0.4) is 0 Å². The zero-order valence-electron chi connectivity index (χ0n) is 15.7. The third-order valence-electron chi connectivity index (χ3n) is 4.14. The number of carbonyl (C=O) groups is 2. The van der Waals surface area contributed by atoms with E-state index < -0.39 is 27.5 Å². The van der Waals surface area contributed by atoms with Gasteiger partial charge >= 0.3 is 0 Å². The molecule has 2 aromatic carbocycles. The van der Waals surface area contributed by atoms with Gasteiger partial charge in [-0.25, -0.2) is 12.8 Å². The van der Waals surface area contributed by atoms with Crippen molar-refractivity contribution >= 4 is 38.0 Å². The summed E-state index contributed by atoms with van der Waals surface area (Å²) in [7, 11) is -2.33. The zero-order valence-corrected chi connectivity index (χ0v) is 17.3. The van der Waals surface area contributed by atoms with Crippen LogP contribution in [0.1, 0.15) is 26.3 Å². The summed E-state index contributed by atoms with van der Waals surface area (Å²) in [6, 6.07) is 12.9. The number of nitrogens with one attached hydrogen (secondary N) is 1. The molecule has 1 aromatic heterocycles. The highest BCUT2D eigenvalue weighted by Gasteiger charge is 2.25. The fourth-order valence-electron chi connectivity index (χ4n) is 2.63. The Hall–Kier alpha value is -3.24. The summed E-state index contributed by atoms with van der Waals surface area (Å²) in [5, 5.41) is 2.31. The first-order valence-electron chi connectivity index (χ1n) is 8.56. The van der Waals surface area contributed by atoms with E-state index in [1.807, 2.05) is 0 Å². The first-order valence-corrected chi connectivity index (χ1v) is 11.0. The fraction of sp³-hybridized carbons (Fsp3) is 0.100. The molecular weight excluding hydrogens is 431 g/mol. The maximum absolute atomic E-state index is 13.8. The van der Waals surface area contributed by atoms with Crippen molar-refractivity contribution < 1.29 is 27.1 Å². The number of methoxy groups -OCH3 is 1. The van der Waals surface area contributed by atoms with Crippen LogP contribution in [0.5, 0.6) is 5.75 Å². The molecule has 30 heavy (non-hydrogen) atoms. The lowest BCUT2D eigenvalue weighted by atomic mass is 10.2. The van der Waals surface area contributed by atoms with Crippen LogP contribution in [0.25, 0.3) is 0 Å². The second kappa shape index (κ2) is 8.64. The first-order chi connectivity index (χ1) is 14.2. The molecule has 0 atom stereocenters. The van der Waals surface area contributed by atoms with Crippen LogP contribution in [-0.2, 0) is 15.6 Å². The van der Waals surface area contributed by atoms with E-state index in [0.29, 0.717) is 22.6 Å². The van der Waals surface area contributed by atoms with Gasteiger partial charge in [-0.15, -0.1) is 11.3 Å². The highest BCUT2D eigenvalue weighted by molar-refractivity contribution is 7.92. The third-order valence-corrected chi connectivity index (χ3v) is 7.44. The molecule has 10 heteroatoms. The molecule has 7 nitrogen and oxygen atoms in total. The van der Waals surface area contributed by atoms with Gasteiger partial charge in [0.2, 0.25) is 0 Å². The molecule has 0 spiro atoms. The molecule has 0 aliphatic heterocycles. The molecule has 0 bridgehead atoms. The number of hydrogen-bond donors (Lipinski definition) is 2. The number of hydrogen-bond acceptors (Lipinski definition) is 6. The third kappa shape index (κ3) is 4.66. The minimum Gasteiger partial charge on any atom is -0.497 e. The van der Waals surface area contributed by atoms with E-state index in [-0.39, 0.29) is 26.1 Å². The fourth-order valence-corrected chi connectivity index (χ4v) is 5.42. The van der Waals surface area contributed by atoms with E-state index in [1.165, 1.54) is 25.3 Å². The van der Waals surface area contributed by atoms with Gasteiger partial charge in [0.05, 0.1) is 24.0 Å². The second-order valence-electron chi connectivity index (χ2n) is 6.21. The summed E-state index contributed by atoms with van der Waals surface area (Å²) < 4.78 is 44.4. The molecule has 3 rings (SSSR count). The van der Waals surface area contributed by atoms with Gasteiger partial charge in [0, 0.05) is 0 Å². The summed E-state index contributed by atoms with van der Waals surface area (Å²) in [6.45, 7) is 0. The Morgan fingerprint density at radius 2 is 1.77 bits per heavy atom. The van der Waals surface area contributed by atoms with Crippen LogP contribution in [-0.4, -0.2) is 27.3 Å². The van der Waals surface area contributed by atoms with Crippen LogP contribution in [0.4, 0.5) is 9.39 Å². The molecule has 2 amide bonds. The maximum atomic E-state index is 13.8. The number of rotatable bonds is 7. The summed E-state index contributed by atoms with van der Waals surface area (Å²) >= 11 is 0.683. The SMILES string of the molecule is COc1ccc(CS(=O)(=O)c2cc(C(N)=O)c(NC(=O)c3ccccc3F)s2)cc1. The number of halogens is 1. The number of amides is 2. The smallest absolute Gasteiger partial charge is 0.259 e.